The lowest BCUT2D eigenvalue weighted by molar-refractivity contribution is -0.147. The van der Waals surface area contributed by atoms with Crippen molar-refractivity contribution in [2.45, 2.75) is 44.4 Å². The summed E-state index contributed by atoms with van der Waals surface area (Å²) < 4.78 is 0. The number of hydrogen-bond acceptors (Lipinski definition) is 1. The molecule has 1 fully saturated rings. The molecule has 0 aromatic heterocycles. The molecule has 2 heteroatoms. The van der Waals surface area contributed by atoms with E-state index in [1.807, 2.05) is 12.1 Å². The largest absolute Gasteiger partial charge is 0.481 e. The quantitative estimate of drug-likeness (QED) is 0.843. The number of aliphatic carboxylic acids is 1. The van der Waals surface area contributed by atoms with Gasteiger partial charge in [-0.2, -0.15) is 0 Å². The fraction of sp³-hybridized carbons (Fsp3) is 0.500. The molecule has 2 rings (SSSR count). The number of aryl methyl sites for hydroxylation is 1. The summed E-state index contributed by atoms with van der Waals surface area (Å²) in [5.74, 6) is -0.660. The Bertz CT molecular complexity index is 391. The maximum absolute atomic E-state index is 11.4. The smallest absolute Gasteiger partial charge is 0.314 e. The van der Waals surface area contributed by atoms with Crippen molar-refractivity contribution in [2.24, 2.45) is 0 Å². The van der Waals surface area contributed by atoms with E-state index < -0.39 is 11.4 Å². The Kier molecular flexibility index (Phi) is 2.99. The minimum absolute atomic E-state index is 0.580. The van der Waals surface area contributed by atoms with Crippen LogP contribution in [0.25, 0.3) is 0 Å². The molecule has 1 saturated carbocycles. The zero-order valence-corrected chi connectivity index (χ0v) is 9.70. The molecule has 0 saturated heterocycles. The third kappa shape index (κ3) is 1.73. The topological polar surface area (TPSA) is 37.3 Å². The molecule has 86 valence electrons. The number of carboxylic acids is 1. The minimum Gasteiger partial charge on any atom is -0.481 e. The van der Waals surface area contributed by atoms with Gasteiger partial charge in [-0.15, -0.1) is 0 Å². The van der Waals surface area contributed by atoms with Crippen molar-refractivity contribution in [1.82, 2.24) is 0 Å². The third-order valence-corrected chi connectivity index (χ3v) is 3.63. The molecule has 0 spiro atoms. The number of carboxylic acid groups (broad SMARTS) is 1. The summed E-state index contributed by atoms with van der Waals surface area (Å²) in [4.78, 5) is 11.4. The monoisotopic (exact) mass is 218 g/mol. The Hall–Kier alpha value is -1.31. The predicted molar refractivity (Wildman–Crippen MR) is 63.6 cm³/mol. The van der Waals surface area contributed by atoms with Crippen LogP contribution in [0.2, 0.25) is 0 Å². The van der Waals surface area contributed by atoms with E-state index in [0.29, 0.717) is 0 Å². The average Bonchev–Trinajstić information content (AvgIpc) is 2.16. The van der Waals surface area contributed by atoms with Gasteiger partial charge in [0.05, 0.1) is 5.41 Å². The second kappa shape index (κ2) is 4.28. The van der Waals surface area contributed by atoms with E-state index in [1.54, 1.807) is 0 Å². The Balaban J connectivity index is 2.32. The van der Waals surface area contributed by atoms with Gasteiger partial charge in [0.1, 0.15) is 0 Å². The van der Waals surface area contributed by atoms with Crippen LogP contribution in [0.1, 0.15) is 43.7 Å². The standard InChI is InChI=1S/C14H18O2/c1-2-5-11-6-3-7-12(10-11)14(13(15)16)8-4-9-14/h3,6-7,10H,2,4-5,8-9H2,1H3,(H,15,16). The lowest BCUT2D eigenvalue weighted by Crippen LogP contribution is -2.42. The number of hydrogen-bond donors (Lipinski definition) is 1. The Morgan fingerprint density at radius 2 is 2.19 bits per heavy atom. The Morgan fingerprint density at radius 1 is 1.44 bits per heavy atom. The van der Waals surface area contributed by atoms with Gasteiger partial charge in [0.25, 0.3) is 0 Å². The normalized spacial score (nSPS) is 17.8. The van der Waals surface area contributed by atoms with Crippen molar-refractivity contribution in [3.05, 3.63) is 35.4 Å². The van der Waals surface area contributed by atoms with Crippen LogP contribution in [-0.2, 0) is 16.6 Å². The van der Waals surface area contributed by atoms with E-state index in [0.717, 1.165) is 37.7 Å². The van der Waals surface area contributed by atoms with E-state index >= 15 is 0 Å². The molecule has 0 heterocycles. The first-order valence-corrected chi connectivity index (χ1v) is 6.02. The molecular formula is C14H18O2. The first kappa shape index (κ1) is 11.2. The highest BCUT2D eigenvalue weighted by molar-refractivity contribution is 5.82. The highest BCUT2D eigenvalue weighted by atomic mass is 16.4. The van der Waals surface area contributed by atoms with Gasteiger partial charge in [-0.05, 0) is 30.4 Å². The molecular weight excluding hydrogens is 200 g/mol. The van der Waals surface area contributed by atoms with Crippen LogP contribution in [-0.4, -0.2) is 11.1 Å². The minimum atomic E-state index is -0.660. The van der Waals surface area contributed by atoms with Gasteiger partial charge < -0.3 is 5.11 Å². The van der Waals surface area contributed by atoms with Gasteiger partial charge in [0, 0.05) is 0 Å². The number of carbonyl (C=O) groups is 1. The van der Waals surface area contributed by atoms with Crippen molar-refractivity contribution >= 4 is 5.97 Å². The van der Waals surface area contributed by atoms with E-state index in [2.05, 4.69) is 19.1 Å². The second-order valence-corrected chi connectivity index (χ2v) is 4.69. The highest BCUT2D eigenvalue weighted by Crippen LogP contribution is 2.44. The second-order valence-electron chi connectivity index (χ2n) is 4.69. The molecule has 16 heavy (non-hydrogen) atoms. The maximum atomic E-state index is 11.4. The van der Waals surface area contributed by atoms with Gasteiger partial charge in [-0.25, -0.2) is 0 Å². The summed E-state index contributed by atoms with van der Waals surface area (Å²) in [6.07, 6.45) is 4.74. The molecule has 1 N–H and O–H groups in total. The highest BCUT2D eigenvalue weighted by Gasteiger charge is 2.45. The molecule has 0 unspecified atom stereocenters. The SMILES string of the molecule is CCCc1cccc(C2(C(=O)O)CCC2)c1. The maximum Gasteiger partial charge on any atom is 0.314 e. The lowest BCUT2D eigenvalue weighted by atomic mass is 9.64. The molecule has 0 amide bonds. The summed E-state index contributed by atoms with van der Waals surface area (Å²) in [6.45, 7) is 2.14. The van der Waals surface area contributed by atoms with Crippen molar-refractivity contribution in [3.63, 3.8) is 0 Å². The van der Waals surface area contributed by atoms with Crippen LogP contribution < -0.4 is 0 Å². The average molecular weight is 218 g/mol. The first-order valence-electron chi connectivity index (χ1n) is 6.02. The molecule has 1 aromatic carbocycles. The lowest BCUT2D eigenvalue weighted by Gasteiger charge is -2.38. The van der Waals surface area contributed by atoms with Crippen molar-refractivity contribution in [1.29, 1.82) is 0 Å². The van der Waals surface area contributed by atoms with Gasteiger partial charge >= 0.3 is 5.97 Å². The van der Waals surface area contributed by atoms with E-state index in [9.17, 15) is 9.90 Å². The summed E-state index contributed by atoms with van der Waals surface area (Å²) in [6, 6.07) is 8.12. The predicted octanol–water partition coefficient (Wildman–Crippen LogP) is 3.15. The van der Waals surface area contributed by atoms with Crippen LogP contribution in [0.15, 0.2) is 24.3 Å². The first-order chi connectivity index (χ1) is 7.69. The Morgan fingerprint density at radius 3 is 2.69 bits per heavy atom. The zero-order chi connectivity index (χ0) is 11.6. The molecule has 0 aliphatic heterocycles. The van der Waals surface area contributed by atoms with Gasteiger partial charge in [0.2, 0.25) is 0 Å². The van der Waals surface area contributed by atoms with Crippen molar-refractivity contribution in [2.75, 3.05) is 0 Å². The fourth-order valence-electron chi connectivity index (χ4n) is 2.47. The van der Waals surface area contributed by atoms with Crippen LogP contribution in [0, 0.1) is 0 Å². The van der Waals surface area contributed by atoms with Gasteiger partial charge in [0.15, 0.2) is 0 Å². The van der Waals surface area contributed by atoms with Crippen LogP contribution in [0.4, 0.5) is 0 Å². The third-order valence-electron chi connectivity index (χ3n) is 3.63. The van der Waals surface area contributed by atoms with Gasteiger partial charge in [-0.1, -0.05) is 44.0 Å². The van der Waals surface area contributed by atoms with Crippen molar-refractivity contribution < 1.29 is 9.90 Å². The van der Waals surface area contributed by atoms with Crippen LogP contribution >= 0.6 is 0 Å². The van der Waals surface area contributed by atoms with Crippen LogP contribution in [0.5, 0.6) is 0 Å². The number of rotatable bonds is 4. The molecule has 0 atom stereocenters. The summed E-state index contributed by atoms with van der Waals surface area (Å²) in [7, 11) is 0. The van der Waals surface area contributed by atoms with Crippen LogP contribution in [0.3, 0.4) is 0 Å². The molecule has 2 nitrogen and oxygen atoms in total. The number of benzene rings is 1. The van der Waals surface area contributed by atoms with E-state index in [1.165, 1.54) is 5.56 Å². The molecule has 0 bridgehead atoms. The van der Waals surface area contributed by atoms with E-state index in [4.69, 9.17) is 0 Å². The Labute approximate surface area is 96.3 Å². The molecule has 1 aromatic rings. The van der Waals surface area contributed by atoms with Gasteiger partial charge in [-0.3, -0.25) is 4.79 Å². The summed E-state index contributed by atoms with van der Waals surface area (Å²) in [5.41, 5.74) is 1.67. The summed E-state index contributed by atoms with van der Waals surface area (Å²) in [5, 5.41) is 9.36. The van der Waals surface area contributed by atoms with E-state index in [-0.39, 0.29) is 0 Å². The zero-order valence-electron chi connectivity index (χ0n) is 9.70. The molecule has 1 aliphatic carbocycles. The van der Waals surface area contributed by atoms with Crippen molar-refractivity contribution in [3.8, 4) is 0 Å². The molecule has 0 radical (unpaired) electrons. The fourth-order valence-corrected chi connectivity index (χ4v) is 2.47. The summed E-state index contributed by atoms with van der Waals surface area (Å²) >= 11 is 0. The molecule has 1 aliphatic rings.